The maximum Gasteiger partial charge on any atom is 0.0645 e. The van der Waals surface area contributed by atoms with Crippen molar-refractivity contribution in [3.05, 3.63) is 48.3 Å². The van der Waals surface area contributed by atoms with Gasteiger partial charge in [0.1, 0.15) is 0 Å². The lowest BCUT2D eigenvalue weighted by atomic mass is 10.2. The Bertz CT molecular complexity index is 417. The number of rotatable bonds is 4. The van der Waals surface area contributed by atoms with Crippen molar-refractivity contribution >= 4 is 0 Å². The molecule has 0 atom stereocenters. The minimum Gasteiger partial charge on any atom is -0.251 e. The maximum atomic E-state index is 4.18. The van der Waals surface area contributed by atoms with Crippen LogP contribution in [0.3, 0.4) is 0 Å². The van der Waals surface area contributed by atoms with Crippen LogP contribution in [0.1, 0.15) is 5.56 Å². The minimum atomic E-state index is 0.840. The molecule has 2 rings (SSSR count). The van der Waals surface area contributed by atoms with Gasteiger partial charge < -0.3 is 0 Å². The van der Waals surface area contributed by atoms with Crippen LogP contribution in [-0.4, -0.2) is 28.9 Å². The number of aromatic nitrogens is 2. The molecule has 0 spiro atoms. The fourth-order valence-electron chi connectivity index (χ4n) is 1.44. The smallest absolute Gasteiger partial charge is 0.0645 e. The standard InChI is InChI=1S/C12H16N4/c1-15(2)14-10-11-4-6-12(7-5-11)16-9-3-8-13-16/h3-9,14H,10H2,1-2H3. The Balaban J connectivity index is 2.05. The monoisotopic (exact) mass is 216 g/mol. The van der Waals surface area contributed by atoms with Gasteiger partial charge in [-0.2, -0.15) is 5.10 Å². The van der Waals surface area contributed by atoms with Crippen LogP contribution in [0.25, 0.3) is 5.69 Å². The molecule has 0 saturated heterocycles. The molecule has 0 bridgehead atoms. The molecule has 84 valence electrons. The van der Waals surface area contributed by atoms with E-state index >= 15 is 0 Å². The highest BCUT2D eigenvalue weighted by atomic mass is 15.5. The average Bonchev–Trinajstić information content (AvgIpc) is 2.80. The Hall–Kier alpha value is -1.65. The molecule has 0 radical (unpaired) electrons. The molecule has 0 aliphatic heterocycles. The van der Waals surface area contributed by atoms with Gasteiger partial charge >= 0.3 is 0 Å². The largest absolute Gasteiger partial charge is 0.251 e. The first-order chi connectivity index (χ1) is 7.75. The highest BCUT2D eigenvalue weighted by Gasteiger charge is 1.97. The van der Waals surface area contributed by atoms with Crippen molar-refractivity contribution in [1.29, 1.82) is 0 Å². The first kappa shape index (κ1) is 10.9. The van der Waals surface area contributed by atoms with Gasteiger partial charge in [-0.15, -0.1) is 0 Å². The quantitative estimate of drug-likeness (QED) is 0.785. The second-order valence-corrected chi connectivity index (χ2v) is 3.85. The van der Waals surface area contributed by atoms with Gasteiger partial charge in [-0.25, -0.2) is 4.68 Å². The molecule has 0 unspecified atom stereocenters. The molecule has 0 fully saturated rings. The van der Waals surface area contributed by atoms with E-state index in [1.807, 2.05) is 36.0 Å². The van der Waals surface area contributed by atoms with E-state index in [1.165, 1.54) is 5.56 Å². The van der Waals surface area contributed by atoms with Gasteiger partial charge in [-0.1, -0.05) is 12.1 Å². The molecular formula is C12H16N4. The molecule has 0 aliphatic carbocycles. The summed E-state index contributed by atoms with van der Waals surface area (Å²) in [6.07, 6.45) is 3.72. The number of hydrogen-bond acceptors (Lipinski definition) is 3. The number of nitrogens with one attached hydrogen (secondary N) is 1. The number of hydrazine groups is 1. The molecule has 0 aliphatic rings. The molecule has 1 aromatic heterocycles. The fraction of sp³-hybridized carbons (Fsp3) is 0.250. The molecule has 0 amide bonds. The summed E-state index contributed by atoms with van der Waals surface area (Å²) in [4.78, 5) is 0. The molecule has 4 nitrogen and oxygen atoms in total. The molecule has 4 heteroatoms. The third-order valence-corrected chi connectivity index (χ3v) is 2.30. The van der Waals surface area contributed by atoms with Crippen LogP contribution < -0.4 is 5.43 Å². The average molecular weight is 216 g/mol. The van der Waals surface area contributed by atoms with E-state index in [9.17, 15) is 0 Å². The third kappa shape index (κ3) is 2.68. The number of nitrogens with zero attached hydrogens (tertiary/aromatic N) is 3. The number of benzene rings is 1. The van der Waals surface area contributed by atoms with Gasteiger partial charge in [0.15, 0.2) is 0 Å². The van der Waals surface area contributed by atoms with E-state index < -0.39 is 0 Å². The Kier molecular flexibility index (Phi) is 3.34. The summed E-state index contributed by atoms with van der Waals surface area (Å²) < 4.78 is 1.85. The first-order valence-corrected chi connectivity index (χ1v) is 5.25. The van der Waals surface area contributed by atoms with Gasteiger partial charge in [0.25, 0.3) is 0 Å². The van der Waals surface area contributed by atoms with Crippen molar-refractivity contribution in [3.63, 3.8) is 0 Å². The second kappa shape index (κ2) is 4.92. The van der Waals surface area contributed by atoms with Gasteiger partial charge in [0.2, 0.25) is 0 Å². The van der Waals surface area contributed by atoms with Gasteiger partial charge in [0, 0.05) is 33.0 Å². The normalized spacial score (nSPS) is 10.9. The Morgan fingerprint density at radius 1 is 1.25 bits per heavy atom. The molecule has 2 aromatic rings. The summed E-state index contributed by atoms with van der Waals surface area (Å²) >= 11 is 0. The fourth-order valence-corrected chi connectivity index (χ4v) is 1.44. The van der Waals surface area contributed by atoms with Crippen molar-refractivity contribution in [2.24, 2.45) is 0 Å². The van der Waals surface area contributed by atoms with E-state index in [0.29, 0.717) is 0 Å². The SMILES string of the molecule is CN(C)NCc1ccc(-n2cccn2)cc1. The van der Waals surface area contributed by atoms with Gasteiger partial charge in [-0.3, -0.25) is 10.4 Å². The summed E-state index contributed by atoms with van der Waals surface area (Å²) in [5, 5.41) is 6.13. The highest BCUT2D eigenvalue weighted by molar-refractivity contribution is 5.33. The summed E-state index contributed by atoms with van der Waals surface area (Å²) in [5.74, 6) is 0. The van der Waals surface area contributed by atoms with Gasteiger partial charge in [-0.05, 0) is 23.8 Å². The lowest BCUT2D eigenvalue weighted by Gasteiger charge is -2.12. The van der Waals surface area contributed by atoms with Crippen LogP contribution in [-0.2, 0) is 6.54 Å². The van der Waals surface area contributed by atoms with E-state index in [0.717, 1.165) is 12.2 Å². The van der Waals surface area contributed by atoms with Crippen LogP contribution in [0.15, 0.2) is 42.7 Å². The Labute approximate surface area is 95.5 Å². The number of hydrogen-bond donors (Lipinski definition) is 1. The zero-order valence-corrected chi connectivity index (χ0v) is 9.59. The Morgan fingerprint density at radius 2 is 2.00 bits per heavy atom. The van der Waals surface area contributed by atoms with Crippen LogP contribution in [0.2, 0.25) is 0 Å². The third-order valence-electron chi connectivity index (χ3n) is 2.30. The van der Waals surface area contributed by atoms with Crippen molar-refractivity contribution in [3.8, 4) is 5.69 Å². The molecule has 1 aromatic carbocycles. The van der Waals surface area contributed by atoms with E-state index in [1.54, 1.807) is 6.20 Å². The summed E-state index contributed by atoms with van der Waals surface area (Å²) in [6.45, 7) is 0.840. The molecule has 16 heavy (non-hydrogen) atoms. The van der Waals surface area contributed by atoms with Crippen molar-refractivity contribution < 1.29 is 0 Å². The second-order valence-electron chi connectivity index (χ2n) is 3.85. The predicted octanol–water partition coefficient (Wildman–Crippen LogP) is 1.44. The lowest BCUT2D eigenvalue weighted by Crippen LogP contribution is -2.29. The first-order valence-electron chi connectivity index (χ1n) is 5.25. The topological polar surface area (TPSA) is 33.1 Å². The van der Waals surface area contributed by atoms with E-state index in [-0.39, 0.29) is 0 Å². The summed E-state index contributed by atoms with van der Waals surface area (Å²) in [5.41, 5.74) is 5.56. The van der Waals surface area contributed by atoms with E-state index in [2.05, 4.69) is 34.8 Å². The highest BCUT2D eigenvalue weighted by Crippen LogP contribution is 2.08. The molecule has 0 saturated carbocycles. The van der Waals surface area contributed by atoms with Crippen LogP contribution in [0.5, 0.6) is 0 Å². The molecular weight excluding hydrogens is 200 g/mol. The van der Waals surface area contributed by atoms with Crippen LogP contribution in [0.4, 0.5) is 0 Å². The van der Waals surface area contributed by atoms with Crippen LogP contribution in [0, 0.1) is 0 Å². The van der Waals surface area contributed by atoms with Gasteiger partial charge in [0.05, 0.1) is 5.69 Å². The lowest BCUT2D eigenvalue weighted by molar-refractivity contribution is 0.286. The summed E-state index contributed by atoms with van der Waals surface area (Å²) in [6, 6.07) is 10.3. The van der Waals surface area contributed by atoms with E-state index in [4.69, 9.17) is 0 Å². The predicted molar refractivity (Wildman–Crippen MR) is 64.1 cm³/mol. The maximum absolute atomic E-state index is 4.18. The molecule has 1 N–H and O–H groups in total. The Morgan fingerprint density at radius 3 is 2.56 bits per heavy atom. The van der Waals surface area contributed by atoms with Crippen molar-refractivity contribution in [2.75, 3.05) is 14.1 Å². The van der Waals surface area contributed by atoms with Crippen molar-refractivity contribution in [1.82, 2.24) is 20.2 Å². The molecule has 1 heterocycles. The van der Waals surface area contributed by atoms with Crippen LogP contribution >= 0.6 is 0 Å². The summed E-state index contributed by atoms with van der Waals surface area (Å²) in [7, 11) is 3.97. The van der Waals surface area contributed by atoms with Crippen molar-refractivity contribution in [2.45, 2.75) is 6.54 Å². The zero-order valence-electron chi connectivity index (χ0n) is 9.59. The minimum absolute atomic E-state index is 0.840. The zero-order chi connectivity index (χ0) is 11.4.